The lowest BCUT2D eigenvalue weighted by atomic mass is 10.0. The van der Waals surface area contributed by atoms with E-state index in [0.717, 1.165) is 6.07 Å². The molecule has 1 N–H and O–H groups in total. The number of carbonyl (C=O) groups is 1. The van der Waals surface area contributed by atoms with Crippen LogP contribution in [0.5, 0.6) is 0 Å². The van der Waals surface area contributed by atoms with Gasteiger partial charge in [-0.1, -0.05) is 19.9 Å². The smallest absolute Gasteiger partial charge is 0.241 e. The summed E-state index contributed by atoms with van der Waals surface area (Å²) in [5.41, 5.74) is 0.425. The first-order valence-corrected chi connectivity index (χ1v) is 8.52. The first-order valence-electron chi connectivity index (χ1n) is 7.04. The van der Waals surface area contributed by atoms with E-state index in [9.17, 15) is 17.6 Å². The Balaban J connectivity index is 3.15. The van der Waals surface area contributed by atoms with Crippen molar-refractivity contribution >= 4 is 15.9 Å². The van der Waals surface area contributed by atoms with Crippen LogP contribution < -0.4 is 4.72 Å². The molecule has 1 amide bonds. The highest BCUT2D eigenvalue weighted by atomic mass is 32.2. The lowest BCUT2D eigenvalue weighted by Crippen LogP contribution is -2.46. The summed E-state index contributed by atoms with van der Waals surface area (Å²) >= 11 is 0. The Hall–Kier alpha value is -1.47. The fourth-order valence-corrected chi connectivity index (χ4v) is 3.55. The van der Waals surface area contributed by atoms with E-state index in [0.29, 0.717) is 12.0 Å². The van der Waals surface area contributed by atoms with Gasteiger partial charge in [0.25, 0.3) is 0 Å². The zero-order chi connectivity index (χ0) is 17.1. The van der Waals surface area contributed by atoms with Gasteiger partial charge in [-0.25, -0.2) is 12.8 Å². The van der Waals surface area contributed by atoms with Crippen molar-refractivity contribution in [1.82, 2.24) is 9.62 Å². The van der Waals surface area contributed by atoms with Crippen molar-refractivity contribution in [3.63, 3.8) is 0 Å². The molecule has 1 rings (SSSR count). The summed E-state index contributed by atoms with van der Waals surface area (Å²) in [6.45, 7) is 5.38. The third-order valence-electron chi connectivity index (χ3n) is 3.18. The zero-order valence-electron chi connectivity index (χ0n) is 13.6. The Morgan fingerprint density at radius 1 is 1.32 bits per heavy atom. The number of nitrogens with zero attached hydrogens (tertiary/aromatic N) is 1. The number of hydrogen-bond acceptors (Lipinski definition) is 3. The van der Waals surface area contributed by atoms with Gasteiger partial charge in [0.2, 0.25) is 15.9 Å². The maximum Gasteiger partial charge on any atom is 0.241 e. The second-order valence-electron chi connectivity index (χ2n) is 5.95. The van der Waals surface area contributed by atoms with E-state index < -0.39 is 21.9 Å². The van der Waals surface area contributed by atoms with E-state index in [1.165, 1.54) is 17.0 Å². The normalized spacial score (nSPS) is 13.2. The highest BCUT2D eigenvalue weighted by Gasteiger charge is 2.28. The minimum absolute atomic E-state index is 0.130. The summed E-state index contributed by atoms with van der Waals surface area (Å²) in [5.74, 6) is -0.832. The van der Waals surface area contributed by atoms with E-state index in [-0.39, 0.29) is 16.7 Å². The minimum atomic E-state index is -3.97. The number of likely N-dealkylation sites (N-methyl/N-ethyl adjacent to an activating group) is 1. The number of aryl methyl sites for hydroxylation is 1. The Labute approximate surface area is 131 Å². The van der Waals surface area contributed by atoms with Crippen molar-refractivity contribution < 1.29 is 17.6 Å². The molecule has 0 saturated carbocycles. The number of carbonyl (C=O) groups excluding carboxylic acids is 1. The molecule has 22 heavy (non-hydrogen) atoms. The molecule has 124 valence electrons. The van der Waals surface area contributed by atoms with E-state index in [4.69, 9.17) is 0 Å². The van der Waals surface area contributed by atoms with Gasteiger partial charge in [-0.05, 0) is 37.0 Å². The van der Waals surface area contributed by atoms with Crippen LogP contribution in [0.25, 0.3) is 0 Å². The van der Waals surface area contributed by atoms with Crippen molar-refractivity contribution in [2.24, 2.45) is 5.92 Å². The summed E-state index contributed by atoms with van der Waals surface area (Å²) in [4.78, 5) is 13.4. The van der Waals surface area contributed by atoms with Gasteiger partial charge >= 0.3 is 0 Å². The lowest BCUT2D eigenvalue weighted by Gasteiger charge is -2.23. The van der Waals surface area contributed by atoms with Crippen molar-refractivity contribution in [1.29, 1.82) is 0 Å². The predicted molar refractivity (Wildman–Crippen MR) is 83.4 cm³/mol. The molecular formula is C15H23FN2O3S. The minimum Gasteiger partial charge on any atom is -0.347 e. The van der Waals surface area contributed by atoms with Crippen molar-refractivity contribution in [3.8, 4) is 0 Å². The Kier molecular flexibility index (Phi) is 6.08. The summed E-state index contributed by atoms with van der Waals surface area (Å²) in [6.07, 6.45) is 0.366. The zero-order valence-corrected chi connectivity index (χ0v) is 14.4. The van der Waals surface area contributed by atoms with Gasteiger partial charge in [-0.2, -0.15) is 4.72 Å². The Bertz CT molecular complexity index is 642. The average molecular weight is 330 g/mol. The standard InChI is InChI=1S/C15H23FN2O3S/c1-10(2)8-13(15(19)18(4)5)17-22(20,21)14-9-12(16)7-6-11(14)3/h6-7,9-10,13,17H,8H2,1-5H3/t13-/m0/s1. The monoisotopic (exact) mass is 330 g/mol. The SMILES string of the molecule is Cc1ccc(F)cc1S(=O)(=O)N[C@@H](CC(C)C)C(=O)N(C)C. The highest BCUT2D eigenvalue weighted by molar-refractivity contribution is 7.89. The number of rotatable bonds is 6. The Morgan fingerprint density at radius 2 is 1.91 bits per heavy atom. The van der Waals surface area contributed by atoms with Crippen LogP contribution in [0.3, 0.4) is 0 Å². The van der Waals surface area contributed by atoms with E-state index in [1.54, 1.807) is 21.0 Å². The number of benzene rings is 1. The molecule has 0 heterocycles. The molecule has 5 nitrogen and oxygen atoms in total. The largest absolute Gasteiger partial charge is 0.347 e. The number of halogens is 1. The molecule has 0 saturated heterocycles. The first kappa shape index (κ1) is 18.6. The van der Waals surface area contributed by atoms with Crippen LogP contribution in [0, 0.1) is 18.7 Å². The van der Waals surface area contributed by atoms with Crippen molar-refractivity contribution in [2.45, 2.75) is 38.1 Å². The van der Waals surface area contributed by atoms with Gasteiger partial charge in [-0.15, -0.1) is 0 Å². The molecule has 0 aliphatic rings. The molecule has 0 aromatic heterocycles. The van der Waals surface area contributed by atoms with Gasteiger partial charge in [-0.3, -0.25) is 4.79 Å². The number of hydrogen-bond donors (Lipinski definition) is 1. The van der Waals surface area contributed by atoms with Crippen LogP contribution in [0.4, 0.5) is 4.39 Å². The molecule has 0 fully saturated rings. The average Bonchev–Trinajstić information content (AvgIpc) is 2.38. The third-order valence-corrected chi connectivity index (χ3v) is 4.80. The fourth-order valence-electron chi connectivity index (χ4n) is 2.10. The van der Waals surface area contributed by atoms with Crippen LogP contribution in [0.1, 0.15) is 25.8 Å². The topological polar surface area (TPSA) is 66.5 Å². The van der Waals surface area contributed by atoms with E-state index in [2.05, 4.69) is 4.72 Å². The van der Waals surface area contributed by atoms with Crippen LogP contribution in [-0.4, -0.2) is 39.4 Å². The van der Waals surface area contributed by atoms with E-state index in [1.807, 2.05) is 13.8 Å². The quantitative estimate of drug-likeness (QED) is 0.866. The van der Waals surface area contributed by atoms with Crippen LogP contribution in [0.2, 0.25) is 0 Å². The second-order valence-corrected chi connectivity index (χ2v) is 7.63. The molecular weight excluding hydrogens is 307 g/mol. The summed E-state index contributed by atoms with van der Waals surface area (Å²) < 4.78 is 40.7. The lowest BCUT2D eigenvalue weighted by molar-refractivity contribution is -0.130. The van der Waals surface area contributed by atoms with E-state index >= 15 is 0 Å². The van der Waals surface area contributed by atoms with Gasteiger partial charge in [0.1, 0.15) is 11.9 Å². The summed E-state index contributed by atoms with van der Waals surface area (Å²) in [5, 5.41) is 0. The van der Waals surface area contributed by atoms with Gasteiger partial charge < -0.3 is 4.90 Å². The molecule has 1 aromatic carbocycles. The van der Waals surface area contributed by atoms with Crippen LogP contribution in [0.15, 0.2) is 23.1 Å². The summed E-state index contributed by atoms with van der Waals surface area (Å²) in [6, 6.07) is 2.69. The molecule has 0 aliphatic carbocycles. The van der Waals surface area contributed by atoms with Crippen molar-refractivity contribution in [3.05, 3.63) is 29.6 Å². The molecule has 0 bridgehead atoms. The number of nitrogens with one attached hydrogen (secondary N) is 1. The van der Waals surface area contributed by atoms with Gasteiger partial charge in [0.05, 0.1) is 4.90 Å². The number of sulfonamides is 1. The van der Waals surface area contributed by atoms with Crippen LogP contribution in [-0.2, 0) is 14.8 Å². The second kappa shape index (κ2) is 7.19. The molecule has 1 atom stereocenters. The molecule has 0 spiro atoms. The molecule has 1 aromatic rings. The maximum atomic E-state index is 13.3. The fraction of sp³-hybridized carbons (Fsp3) is 0.533. The highest BCUT2D eigenvalue weighted by Crippen LogP contribution is 2.18. The van der Waals surface area contributed by atoms with Crippen molar-refractivity contribution in [2.75, 3.05) is 14.1 Å². The maximum absolute atomic E-state index is 13.3. The molecule has 0 aliphatic heterocycles. The first-order chi connectivity index (χ1) is 10.0. The van der Waals surface area contributed by atoms with Crippen LogP contribution >= 0.6 is 0 Å². The predicted octanol–water partition coefficient (Wildman–Crippen LogP) is 1.92. The summed E-state index contributed by atoms with van der Waals surface area (Å²) in [7, 11) is -0.841. The molecule has 0 radical (unpaired) electrons. The number of amides is 1. The Morgan fingerprint density at radius 3 is 2.41 bits per heavy atom. The third kappa shape index (κ3) is 4.78. The van der Waals surface area contributed by atoms with Gasteiger partial charge in [0, 0.05) is 14.1 Å². The van der Waals surface area contributed by atoms with Gasteiger partial charge in [0.15, 0.2) is 0 Å². The molecule has 7 heteroatoms. The molecule has 0 unspecified atom stereocenters.